The fraction of sp³-hybridized carbons (Fsp3) is 0.150. The van der Waals surface area contributed by atoms with E-state index in [9.17, 15) is 9.59 Å². The van der Waals surface area contributed by atoms with Gasteiger partial charge in [-0.1, -0.05) is 23.2 Å². The molecule has 2 aromatic carbocycles. The van der Waals surface area contributed by atoms with Crippen LogP contribution in [0.5, 0.6) is 5.75 Å². The number of benzene rings is 2. The number of halogens is 2. The van der Waals surface area contributed by atoms with Gasteiger partial charge in [0.15, 0.2) is 10.9 Å². The number of rotatable bonds is 5. The van der Waals surface area contributed by atoms with Gasteiger partial charge in [0.1, 0.15) is 0 Å². The molecule has 0 saturated carbocycles. The SMILES string of the molecule is CCOc1c(Cl)cc(/C=C2/SC(=Nc3ccc(C(=O)O)cc3)N(C)C2=O)cc1Cl. The maximum atomic E-state index is 12.6. The first-order chi connectivity index (χ1) is 13.8. The van der Waals surface area contributed by atoms with E-state index in [0.717, 1.165) is 0 Å². The molecule has 1 N–H and O–H groups in total. The van der Waals surface area contributed by atoms with Gasteiger partial charge < -0.3 is 9.84 Å². The molecule has 1 aliphatic rings. The highest BCUT2D eigenvalue weighted by atomic mass is 35.5. The second-order valence-electron chi connectivity index (χ2n) is 5.97. The topological polar surface area (TPSA) is 79.2 Å². The van der Waals surface area contributed by atoms with E-state index in [1.54, 1.807) is 37.4 Å². The van der Waals surface area contributed by atoms with Gasteiger partial charge in [-0.3, -0.25) is 9.69 Å². The van der Waals surface area contributed by atoms with Gasteiger partial charge in [0.2, 0.25) is 0 Å². The third-order valence-corrected chi connectivity index (χ3v) is 5.57. The van der Waals surface area contributed by atoms with Gasteiger partial charge in [-0.05, 0) is 66.7 Å². The van der Waals surface area contributed by atoms with Crippen molar-refractivity contribution in [3.8, 4) is 5.75 Å². The van der Waals surface area contributed by atoms with Crippen LogP contribution in [0, 0.1) is 0 Å². The Morgan fingerprint density at radius 2 is 1.86 bits per heavy atom. The van der Waals surface area contributed by atoms with Crippen molar-refractivity contribution in [1.29, 1.82) is 0 Å². The highest BCUT2D eigenvalue weighted by Gasteiger charge is 2.30. The summed E-state index contributed by atoms with van der Waals surface area (Å²) in [6.45, 7) is 2.27. The van der Waals surface area contributed by atoms with Crippen LogP contribution in [0.25, 0.3) is 6.08 Å². The van der Waals surface area contributed by atoms with E-state index in [1.807, 2.05) is 6.92 Å². The fourth-order valence-electron chi connectivity index (χ4n) is 2.54. The largest absolute Gasteiger partial charge is 0.491 e. The van der Waals surface area contributed by atoms with Gasteiger partial charge in [-0.25, -0.2) is 9.79 Å². The second kappa shape index (κ2) is 8.90. The summed E-state index contributed by atoms with van der Waals surface area (Å²) in [7, 11) is 1.62. The predicted molar refractivity (Wildman–Crippen MR) is 116 cm³/mol. The number of aromatic carboxylic acids is 1. The van der Waals surface area contributed by atoms with Crippen molar-refractivity contribution in [2.24, 2.45) is 4.99 Å². The van der Waals surface area contributed by atoms with Crippen molar-refractivity contribution in [1.82, 2.24) is 4.90 Å². The standard InChI is InChI=1S/C20H16Cl2N2O4S/c1-3-28-17-14(21)8-11(9-15(17)22)10-16-18(25)24(2)20(29-16)23-13-6-4-12(5-7-13)19(26)27/h4-10H,3H2,1-2H3,(H,26,27)/b16-10+,23-20?. The zero-order chi connectivity index (χ0) is 21.1. The van der Waals surface area contributed by atoms with Gasteiger partial charge in [-0.2, -0.15) is 0 Å². The van der Waals surface area contributed by atoms with E-state index < -0.39 is 5.97 Å². The van der Waals surface area contributed by atoms with Gasteiger partial charge in [0.05, 0.1) is 32.8 Å². The first-order valence-corrected chi connectivity index (χ1v) is 10.1. The first kappa shape index (κ1) is 21.2. The summed E-state index contributed by atoms with van der Waals surface area (Å²) in [6, 6.07) is 9.46. The molecule has 6 nitrogen and oxygen atoms in total. The molecule has 0 spiro atoms. The van der Waals surface area contributed by atoms with Crippen LogP contribution in [0.1, 0.15) is 22.8 Å². The second-order valence-corrected chi connectivity index (χ2v) is 7.79. The molecule has 0 aliphatic carbocycles. The van der Waals surface area contributed by atoms with E-state index in [-0.39, 0.29) is 11.5 Å². The van der Waals surface area contributed by atoms with Crippen LogP contribution >= 0.6 is 35.0 Å². The molecule has 1 amide bonds. The summed E-state index contributed by atoms with van der Waals surface area (Å²) in [5.74, 6) is -0.811. The average Bonchev–Trinajstić information content (AvgIpc) is 2.93. The van der Waals surface area contributed by atoms with Crippen LogP contribution in [0.4, 0.5) is 5.69 Å². The number of carboxylic acid groups (broad SMARTS) is 1. The monoisotopic (exact) mass is 450 g/mol. The number of amides is 1. The van der Waals surface area contributed by atoms with Crippen molar-refractivity contribution in [3.63, 3.8) is 0 Å². The van der Waals surface area contributed by atoms with Crippen LogP contribution in [0.2, 0.25) is 10.0 Å². The molecule has 1 aliphatic heterocycles. The molecular formula is C20H16Cl2N2O4S. The first-order valence-electron chi connectivity index (χ1n) is 8.51. The zero-order valence-corrected chi connectivity index (χ0v) is 17.8. The fourth-order valence-corrected chi connectivity index (χ4v) is 4.14. The smallest absolute Gasteiger partial charge is 0.335 e. The number of carbonyl (C=O) groups excluding carboxylic acids is 1. The number of thioether (sulfide) groups is 1. The van der Waals surface area contributed by atoms with Crippen molar-refractivity contribution in [3.05, 3.63) is 62.5 Å². The Kier molecular flexibility index (Phi) is 6.52. The normalized spacial score (nSPS) is 16.7. The number of hydrogen-bond acceptors (Lipinski definition) is 5. The maximum absolute atomic E-state index is 12.6. The quantitative estimate of drug-likeness (QED) is 0.623. The Morgan fingerprint density at radius 1 is 1.24 bits per heavy atom. The Balaban J connectivity index is 1.87. The van der Waals surface area contributed by atoms with E-state index in [2.05, 4.69) is 4.99 Å². The van der Waals surface area contributed by atoms with Crippen molar-refractivity contribution in [2.45, 2.75) is 6.92 Å². The van der Waals surface area contributed by atoms with Crippen LogP contribution in [0.15, 0.2) is 46.3 Å². The lowest BCUT2D eigenvalue weighted by molar-refractivity contribution is -0.121. The number of aliphatic imine (C=N–C) groups is 1. The number of ether oxygens (including phenoxy) is 1. The van der Waals surface area contributed by atoms with Crippen LogP contribution in [-0.2, 0) is 4.79 Å². The molecule has 1 saturated heterocycles. The highest BCUT2D eigenvalue weighted by Crippen LogP contribution is 2.37. The third kappa shape index (κ3) is 4.75. The Morgan fingerprint density at radius 3 is 2.41 bits per heavy atom. The summed E-state index contributed by atoms with van der Waals surface area (Å²) < 4.78 is 5.42. The van der Waals surface area contributed by atoms with Crippen LogP contribution < -0.4 is 4.74 Å². The molecule has 0 atom stereocenters. The lowest BCUT2D eigenvalue weighted by Crippen LogP contribution is -2.23. The summed E-state index contributed by atoms with van der Waals surface area (Å²) in [5.41, 5.74) is 1.38. The number of carboxylic acids is 1. The maximum Gasteiger partial charge on any atom is 0.335 e. The number of carbonyl (C=O) groups is 2. The van der Waals surface area contributed by atoms with E-state index >= 15 is 0 Å². The summed E-state index contributed by atoms with van der Waals surface area (Å²) >= 11 is 13.7. The van der Waals surface area contributed by atoms with E-state index in [1.165, 1.54) is 28.8 Å². The zero-order valence-electron chi connectivity index (χ0n) is 15.5. The van der Waals surface area contributed by atoms with Crippen LogP contribution in [0.3, 0.4) is 0 Å². The molecule has 29 heavy (non-hydrogen) atoms. The molecule has 1 heterocycles. The van der Waals surface area contributed by atoms with Crippen molar-refractivity contribution < 1.29 is 19.4 Å². The summed E-state index contributed by atoms with van der Waals surface area (Å²) in [5, 5.41) is 10.2. The molecule has 3 rings (SSSR count). The lowest BCUT2D eigenvalue weighted by Gasteiger charge is -2.09. The minimum atomic E-state index is -1.01. The van der Waals surface area contributed by atoms with Crippen molar-refractivity contribution in [2.75, 3.05) is 13.7 Å². The molecule has 9 heteroatoms. The Bertz CT molecular complexity index is 1010. The van der Waals surface area contributed by atoms with Gasteiger partial charge >= 0.3 is 5.97 Å². The van der Waals surface area contributed by atoms with E-state index in [4.69, 9.17) is 33.0 Å². The minimum absolute atomic E-state index is 0.169. The number of amidine groups is 1. The molecule has 0 radical (unpaired) electrons. The van der Waals surface area contributed by atoms with Gasteiger partial charge in [0.25, 0.3) is 5.91 Å². The third-order valence-electron chi connectivity index (χ3n) is 3.95. The highest BCUT2D eigenvalue weighted by molar-refractivity contribution is 8.18. The molecule has 1 fully saturated rings. The van der Waals surface area contributed by atoms with Gasteiger partial charge in [-0.15, -0.1) is 0 Å². The van der Waals surface area contributed by atoms with E-state index in [0.29, 0.717) is 43.7 Å². The molecule has 0 aromatic heterocycles. The minimum Gasteiger partial charge on any atom is -0.491 e. The van der Waals surface area contributed by atoms with Crippen molar-refractivity contribution >= 4 is 63.8 Å². The molecule has 0 unspecified atom stereocenters. The predicted octanol–water partition coefficient (Wildman–Crippen LogP) is 5.32. The Hall–Kier alpha value is -2.48. The number of nitrogens with zero attached hydrogens (tertiary/aromatic N) is 2. The molecule has 0 bridgehead atoms. The number of likely N-dealkylation sites (N-methyl/N-ethyl adjacent to an activating group) is 1. The van der Waals surface area contributed by atoms with Gasteiger partial charge in [0, 0.05) is 7.05 Å². The summed E-state index contributed by atoms with van der Waals surface area (Å²) in [6.07, 6.45) is 1.69. The molecule has 150 valence electrons. The molecular weight excluding hydrogens is 435 g/mol. The lowest BCUT2D eigenvalue weighted by atomic mass is 10.2. The molecule has 2 aromatic rings. The summed E-state index contributed by atoms with van der Waals surface area (Å²) in [4.78, 5) is 29.9. The Labute approximate surface area is 181 Å². The van der Waals surface area contributed by atoms with Crippen LogP contribution in [-0.4, -0.2) is 40.7 Å². The number of hydrogen-bond donors (Lipinski definition) is 1. The average molecular weight is 451 g/mol.